The van der Waals surface area contributed by atoms with Gasteiger partial charge in [-0.1, -0.05) is 0 Å². The topological polar surface area (TPSA) is 101 Å². The first-order valence-electron chi connectivity index (χ1n) is 9.05. The van der Waals surface area contributed by atoms with Crippen LogP contribution in [0.2, 0.25) is 0 Å². The van der Waals surface area contributed by atoms with Gasteiger partial charge in [-0.25, -0.2) is 9.37 Å². The molecule has 0 aromatic carbocycles. The maximum absolute atomic E-state index is 14.0. The van der Waals surface area contributed by atoms with Crippen LogP contribution in [0.15, 0.2) is 12.4 Å². The van der Waals surface area contributed by atoms with Crippen molar-refractivity contribution < 1.29 is 13.5 Å². The summed E-state index contributed by atoms with van der Waals surface area (Å²) < 4.78 is 34.9. The maximum Gasteiger partial charge on any atom is 0.255 e. The van der Waals surface area contributed by atoms with Gasteiger partial charge in [0, 0.05) is 12.5 Å². The summed E-state index contributed by atoms with van der Waals surface area (Å²) in [4.78, 5) is 7.96. The number of ether oxygens (including phenoxy) is 1. The van der Waals surface area contributed by atoms with E-state index in [4.69, 9.17) is 4.74 Å². The largest absolute Gasteiger partial charge is 0.475 e. The molecule has 3 heterocycles. The van der Waals surface area contributed by atoms with Crippen molar-refractivity contribution in [2.75, 3.05) is 25.0 Å². The fourth-order valence-electron chi connectivity index (χ4n) is 2.80. The summed E-state index contributed by atoms with van der Waals surface area (Å²) >= 11 is 0. The van der Waals surface area contributed by atoms with Crippen molar-refractivity contribution in [3.05, 3.63) is 23.9 Å². The smallest absolute Gasteiger partial charge is 0.255 e. The Kier molecular flexibility index (Phi) is 5.74. The van der Waals surface area contributed by atoms with E-state index in [0.717, 1.165) is 6.20 Å². The molecule has 0 bridgehead atoms. The highest BCUT2D eigenvalue weighted by molar-refractivity contribution is 5.55. The van der Waals surface area contributed by atoms with Gasteiger partial charge < -0.3 is 15.4 Å². The second-order valence-corrected chi connectivity index (χ2v) is 7.30. The first kappa shape index (κ1) is 19.9. The number of aromatic nitrogens is 4. The number of nitriles is 1. The molecule has 2 N–H and O–H groups in total. The molecule has 2 atom stereocenters. The van der Waals surface area contributed by atoms with E-state index in [0.29, 0.717) is 24.3 Å². The maximum atomic E-state index is 14.0. The standard InChI is InChI=1S/C18H23F2N7O/c1-11-15(8-27(26-11)18(2,3)10-21)24-17-23-7-14(20)16(25-17)28-9-12-4-5-22-6-13(12)19/h7-8,12-13,22H,4-6,9H2,1-3H3,(H,23,24,25). The van der Waals surface area contributed by atoms with Crippen LogP contribution >= 0.6 is 0 Å². The molecule has 1 saturated heterocycles. The average Bonchev–Trinajstić information content (AvgIpc) is 3.04. The first-order valence-corrected chi connectivity index (χ1v) is 9.05. The van der Waals surface area contributed by atoms with E-state index in [2.05, 4.69) is 31.8 Å². The van der Waals surface area contributed by atoms with Crippen molar-refractivity contribution in [3.8, 4) is 11.9 Å². The molecule has 2 unspecified atom stereocenters. The van der Waals surface area contributed by atoms with Gasteiger partial charge in [-0.3, -0.25) is 4.68 Å². The van der Waals surface area contributed by atoms with Gasteiger partial charge in [-0.2, -0.15) is 19.7 Å². The minimum absolute atomic E-state index is 0.0452. The van der Waals surface area contributed by atoms with Crippen molar-refractivity contribution in [2.24, 2.45) is 5.92 Å². The molecule has 28 heavy (non-hydrogen) atoms. The number of alkyl halides is 1. The second-order valence-electron chi connectivity index (χ2n) is 7.30. The van der Waals surface area contributed by atoms with Crippen LogP contribution in [0.4, 0.5) is 20.4 Å². The molecule has 150 valence electrons. The lowest BCUT2D eigenvalue weighted by Crippen LogP contribution is -2.40. The highest BCUT2D eigenvalue weighted by Gasteiger charge is 2.26. The van der Waals surface area contributed by atoms with E-state index in [1.807, 2.05) is 0 Å². The van der Waals surface area contributed by atoms with Crippen LogP contribution in [0.3, 0.4) is 0 Å². The number of aryl methyl sites for hydroxylation is 1. The van der Waals surface area contributed by atoms with Crippen LogP contribution in [0.1, 0.15) is 26.0 Å². The fraction of sp³-hybridized carbons (Fsp3) is 0.556. The lowest BCUT2D eigenvalue weighted by Gasteiger charge is -2.26. The monoisotopic (exact) mass is 391 g/mol. The van der Waals surface area contributed by atoms with Crippen molar-refractivity contribution >= 4 is 11.6 Å². The normalized spacial score (nSPS) is 19.9. The Hall–Kier alpha value is -2.80. The SMILES string of the molecule is Cc1nn(C(C)(C)C#N)cc1Nc1ncc(F)c(OCC2CCNCC2F)n1. The van der Waals surface area contributed by atoms with Gasteiger partial charge >= 0.3 is 0 Å². The van der Waals surface area contributed by atoms with Crippen LogP contribution < -0.4 is 15.4 Å². The Labute approximate surface area is 161 Å². The van der Waals surface area contributed by atoms with Gasteiger partial charge in [0.1, 0.15) is 11.7 Å². The quantitative estimate of drug-likeness (QED) is 0.780. The molecule has 10 heteroatoms. The summed E-state index contributed by atoms with van der Waals surface area (Å²) in [6.45, 7) is 6.27. The molecule has 3 rings (SSSR count). The Balaban J connectivity index is 1.72. The number of nitrogens with zero attached hydrogens (tertiary/aromatic N) is 5. The number of halogens is 2. The van der Waals surface area contributed by atoms with E-state index in [9.17, 15) is 14.0 Å². The molecule has 1 fully saturated rings. The zero-order chi connectivity index (χ0) is 20.3. The Morgan fingerprint density at radius 2 is 2.29 bits per heavy atom. The van der Waals surface area contributed by atoms with E-state index < -0.39 is 17.5 Å². The number of hydrogen-bond acceptors (Lipinski definition) is 7. The van der Waals surface area contributed by atoms with Gasteiger partial charge in [0.2, 0.25) is 11.8 Å². The number of piperidine rings is 1. The number of nitrogens with one attached hydrogen (secondary N) is 2. The molecule has 0 saturated carbocycles. The molecule has 0 radical (unpaired) electrons. The fourth-order valence-corrected chi connectivity index (χ4v) is 2.80. The third-order valence-electron chi connectivity index (χ3n) is 4.68. The van der Waals surface area contributed by atoms with Gasteiger partial charge in [-0.15, -0.1) is 0 Å². The summed E-state index contributed by atoms with van der Waals surface area (Å²) in [6, 6.07) is 2.17. The lowest BCUT2D eigenvalue weighted by atomic mass is 9.97. The van der Waals surface area contributed by atoms with Crippen LogP contribution in [-0.2, 0) is 5.54 Å². The van der Waals surface area contributed by atoms with E-state index in [1.54, 1.807) is 27.0 Å². The molecular weight excluding hydrogens is 368 g/mol. The van der Waals surface area contributed by atoms with Crippen LogP contribution in [-0.4, -0.2) is 45.6 Å². The third-order valence-corrected chi connectivity index (χ3v) is 4.68. The van der Waals surface area contributed by atoms with Crippen LogP contribution in [0, 0.1) is 30.0 Å². The number of anilines is 2. The average molecular weight is 391 g/mol. The molecular formula is C18H23F2N7O. The van der Waals surface area contributed by atoms with E-state index in [1.165, 1.54) is 4.68 Å². The van der Waals surface area contributed by atoms with Gasteiger partial charge in [-0.05, 0) is 33.7 Å². The zero-order valence-corrected chi connectivity index (χ0v) is 16.0. The molecule has 0 amide bonds. The van der Waals surface area contributed by atoms with Crippen LogP contribution in [0.5, 0.6) is 5.88 Å². The molecule has 2 aromatic heterocycles. The lowest BCUT2D eigenvalue weighted by molar-refractivity contribution is 0.117. The van der Waals surface area contributed by atoms with Gasteiger partial charge in [0.05, 0.1) is 36.5 Å². The zero-order valence-electron chi connectivity index (χ0n) is 16.0. The molecule has 1 aliphatic heterocycles. The molecule has 0 aliphatic carbocycles. The summed E-state index contributed by atoms with van der Waals surface area (Å²) in [5.74, 6) is -1.13. The van der Waals surface area contributed by atoms with E-state index >= 15 is 0 Å². The summed E-state index contributed by atoms with van der Waals surface area (Å²) in [5, 5.41) is 19.5. The second kappa shape index (κ2) is 8.06. The first-order chi connectivity index (χ1) is 13.3. The van der Waals surface area contributed by atoms with Crippen LogP contribution in [0.25, 0.3) is 0 Å². The van der Waals surface area contributed by atoms with Crippen molar-refractivity contribution in [2.45, 2.75) is 38.9 Å². The Bertz CT molecular complexity index is 877. The minimum atomic E-state index is -1.03. The van der Waals surface area contributed by atoms with Crippen molar-refractivity contribution in [3.63, 3.8) is 0 Å². The Morgan fingerprint density at radius 3 is 3.00 bits per heavy atom. The summed E-state index contributed by atoms with van der Waals surface area (Å²) in [5.41, 5.74) is 0.400. The summed E-state index contributed by atoms with van der Waals surface area (Å²) in [6.07, 6.45) is 2.24. The highest BCUT2D eigenvalue weighted by Crippen LogP contribution is 2.24. The third kappa shape index (κ3) is 4.36. The predicted molar refractivity (Wildman–Crippen MR) is 98.5 cm³/mol. The van der Waals surface area contributed by atoms with Gasteiger partial charge in [0.25, 0.3) is 5.88 Å². The summed E-state index contributed by atoms with van der Waals surface area (Å²) in [7, 11) is 0. The molecule has 1 aliphatic rings. The molecule has 0 spiro atoms. The molecule has 8 nitrogen and oxygen atoms in total. The van der Waals surface area contributed by atoms with Gasteiger partial charge in [0.15, 0.2) is 0 Å². The van der Waals surface area contributed by atoms with E-state index in [-0.39, 0.29) is 30.9 Å². The number of rotatable bonds is 6. The highest BCUT2D eigenvalue weighted by atomic mass is 19.1. The Morgan fingerprint density at radius 1 is 1.50 bits per heavy atom. The number of hydrogen-bond donors (Lipinski definition) is 2. The minimum Gasteiger partial charge on any atom is -0.475 e. The predicted octanol–water partition coefficient (Wildman–Crippen LogP) is 2.45. The molecule has 2 aromatic rings. The van der Waals surface area contributed by atoms with Crippen molar-refractivity contribution in [1.82, 2.24) is 25.1 Å². The van der Waals surface area contributed by atoms with Crippen molar-refractivity contribution in [1.29, 1.82) is 5.26 Å².